The molecule has 2 amide bonds. The van der Waals surface area contributed by atoms with Gasteiger partial charge in [0.1, 0.15) is 0 Å². The normalized spacial score (nSPS) is 11.5. The third kappa shape index (κ3) is 11.2. The van der Waals surface area contributed by atoms with Crippen LogP contribution in [0.3, 0.4) is 0 Å². The monoisotopic (exact) mass is 386 g/mol. The predicted octanol–water partition coefficient (Wildman–Crippen LogP) is 0.537. The van der Waals surface area contributed by atoms with E-state index in [4.69, 9.17) is 5.11 Å². The zero-order valence-electron chi connectivity index (χ0n) is 15.1. The fourth-order valence-corrected chi connectivity index (χ4v) is 1.83. The summed E-state index contributed by atoms with van der Waals surface area (Å²) in [5.41, 5.74) is 0.729. The molecule has 1 heterocycles. The van der Waals surface area contributed by atoms with Gasteiger partial charge >= 0.3 is 5.97 Å². The zero-order chi connectivity index (χ0) is 20.2. The van der Waals surface area contributed by atoms with Crippen LogP contribution in [-0.4, -0.2) is 51.1 Å². The maximum absolute atomic E-state index is 11.5. The van der Waals surface area contributed by atoms with Gasteiger partial charge in [0.15, 0.2) is 0 Å². The van der Waals surface area contributed by atoms with Gasteiger partial charge in [-0.25, -0.2) is 4.98 Å². The van der Waals surface area contributed by atoms with E-state index in [0.717, 1.165) is 12.1 Å². The van der Waals surface area contributed by atoms with E-state index in [2.05, 4.69) is 33.2 Å². The van der Waals surface area contributed by atoms with E-state index in [1.807, 2.05) is 20.8 Å². The number of carbonyl (C=O) groups is 4. The average Bonchev–Trinajstić information content (AvgIpc) is 3.04. The summed E-state index contributed by atoms with van der Waals surface area (Å²) in [6.45, 7) is 6.36. The van der Waals surface area contributed by atoms with E-state index in [9.17, 15) is 19.2 Å². The molecule has 1 aromatic rings. The van der Waals surface area contributed by atoms with Gasteiger partial charge in [-0.05, 0) is 6.42 Å². The van der Waals surface area contributed by atoms with Gasteiger partial charge in [0.05, 0.1) is 12.4 Å². The molecule has 4 N–H and O–H groups in total. The number of aliphatic carboxylic acids is 1. The van der Waals surface area contributed by atoms with E-state index in [0.29, 0.717) is 13.0 Å². The third-order valence-electron chi connectivity index (χ3n) is 3.13. The standard InChI is InChI=1S/C10H17N3O.C6H9NO4S/c1-10(2,3)9(14)12-5-4-8-6-11-7-13-8;8-3-7-4(6(11)12)1-2-5(9)10/h6-7H,4-5H2,1-3H3,(H,11,13)(H,12,14);3-4H,1-2H2,(H,7,8)(H,9,10)(H,11,12)/t;4-/m.0/s1. The van der Waals surface area contributed by atoms with Crippen LogP contribution in [-0.2, 0) is 25.6 Å². The quantitative estimate of drug-likeness (QED) is 0.310. The summed E-state index contributed by atoms with van der Waals surface area (Å²) < 4.78 is 0. The Morgan fingerprint density at radius 1 is 1.38 bits per heavy atom. The van der Waals surface area contributed by atoms with Crippen LogP contribution >= 0.6 is 12.6 Å². The fourth-order valence-electron chi connectivity index (χ4n) is 1.63. The number of carboxylic acids is 1. The molecule has 0 bridgehead atoms. The van der Waals surface area contributed by atoms with Gasteiger partial charge in [-0.2, -0.15) is 0 Å². The first-order valence-corrected chi connectivity index (χ1v) is 8.42. The van der Waals surface area contributed by atoms with Gasteiger partial charge in [-0.3, -0.25) is 19.2 Å². The number of hydrogen-bond donors (Lipinski definition) is 5. The van der Waals surface area contributed by atoms with Crippen molar-refractivity contribution in [2.45, 2.75) is 46.1 Å². The maximum Gasteiger partial charge on any atom is 0.303 e. The molecule has 0 unspecified atom stereocenters. The number of nitrogens with zero attached hydrogens (tertiary/aromatic N) is 1. The Labute approximate surface area is 157 Å². The molecular weight excluding hydrogens is 360 g/mol. The first kappa shape index (κ1) is 23.6. The van der Waals surface area contributed by atoms with Crippen molar-refractivity contribution in [2.24, 2.45) is 5.41 Å². The maximum atomic E-state index is 11.5. The molecule has 10 heteroatoms. The lowest BCUT2D eigenvalue weighted by Gasteiger charge is -2.17. The van der Waals surface area contributed by atoms with Crippen LogP contribution < -0.4 is 10.6 Å². The van der Waals surface area contributed by atoms with Gasteiger partial charge < -0.3 is 20.7 Å². The minimum Gasteiger partial charge on any atom is -0.481 e. The van der Waals surface area contributed by atoms with E-state index in [-0.39, 0.29) is 24.2 Å². The number of aromatic amines is 1. The van der Waals surface area contributed by atoms with Crippen molar-refractivity contribution in [3.8, 4) is 0 Å². The summed E-state index contributed by atoms with van der Waals surface area (Å²) in [4.78, 5) is 48.9. The van der Waals surface area contributed by atoms with Crippen LogP contribution in [0.2, 0.25) is 0 Å². The molecule has 0 aliphatic heterocycles. The zero-order valence-corrected chi connectivity index (χ0v) is 16.0. The second kappa shape index (κ2) is 12.1. The number of nitrogens with one attached hydrogen (secondary N) is 3. The topological polar surface area (TPSA) is 141 Å². The first-order chi connectivity index (χ1) is 12.1. The molecule has 0 saturated carbocycles. The van der Waals surface area contributed by atoms with Crippen molar-refractivity contribution < 1.29 is 24.3 Å². The Balaban J connectivity index is 0.000000488. The average molecular weight is 386 g/mol. The van der Waals surface area contributed by atoms with Crippen LogP contribution in [0.1, 0.15) is 39.3 Å². The highest BCUT2D eigenvalue weighted by Gasteiger charge is 2.20. The molecule has 0 spiro atoms. The fraction of sp³-hybridized carbons (Fsp3) is 0.562. The minimum atomic E-state index is -1.01. The Hall–Kier alpha value is -2.36. The first-order valence-electron chi connectivity index (χ1n) is 7.97. The van der Waals surface area contributed by atoms with Crippen LogP contribution in [0, 0.1) is 5.41 Å². The van der Waals surface area contributed by atoms with Crippen LogP contribution in [0.15, 0.2) is 12.5 Å². The van der Waals surface area contributed by atoms with Gasteiger partial charge in [0.25, 0.3) is 0 Å². The molecule has 0 radical (unpaired) electrons. The van der Waals surface area contributed by atoms with E-state index in [1.165, 1.54) is 0 Å². The molecule has 1 aromatic heterocycles. The smallest absolute Gasteiger partial charge is 0.303 e. The lowest BCUT2D eigenvalue weighted by molar-refractivity contribution is -0.137. The Kier molecular flexibility index (Phi) is 11.0. The van der Waals surface area contributed by atoms with Crippen molar-refractivity contribution in [2.75, 3.05) is 6.54 Å². The number of aromatic nitrogens is 2. The Morgan fingerprint density at radius 2 is 2.04 bits per heavy atom. The van der Waals surface area contributed by atoms with Gasteiger partial charge in [-0.1, -0.05) is 20.8 Å². The minimum absolute atomic E-state index is 0.0659. The van der Waals surface area contributed by atoms with Crippen LogP contribution in [0.4, 0.5) is 0 Å². The summed E-state index contributed by atoms with van der Waals surface area (Å²) in [6.07, 6.45) is 4.45. The number of carbonyl (C=O) groups excluding carboxylic acids is 3. The van der Waals surface area contributed by atoms with Gasteiger partial charge in [0.2, 0.25) is 17.4 Å². The van der Waals surface area contributed by atoms with Gasteiger partial charge in [-0.15, -0.1) is 12.6 Å². The van der Waals surface area contributed by atoms with Crippen molar-refractivity contribution in [3.05, 3.63) is 18.2 Å². The lowest BCUT2D eigenvalue weighted by atomic mass is 9.96. The summed E-state index contributed by atoms with van der Waals surface area (Å²) in [5, 5.41) is 12.8. The summed E-state index contributed by atoms with van der Waals surface area (Å²) in [6, 6.07) is -0.804. The molecule has 0 aromatic carbocycles. The number of H-pyrrole nitrogens is 1. The molecule has 9 nitrogen and oxygen atoms in total. The second-order valence-electron chi connectivity index (χ2n) is 6.44. The largest absolute Gasteiger partial charge is 0.481 e. The number of hydrogen-bond acceptors (Lipinski definition) is 5. The van der Waals surface area contributed by atoms with E-state index in [1.54, 1.807) is 12.5 Å². The van der Waals surface area contributed by atoms with Crippen molar-refractivity contribution in [3.63, 3.8) is 0 Å². The van der Waals surface area contributed by atoms with Crippen molar-refractivity contribution >= 4 is 36.0 Å². The lowest BCUT2D eigenvalue weighted by Crippen LogP contribution is -2.35. The van der Waals surface area contributed by atoms with Gasteiger partial charge in [0, 0.05) is 36.7 Å². The molecule has 0 saturated heterocycles. The summed E-state index contributed by atoms with van der Waals surface area (Å²) in [5.74, 6) is -0.931. The molecular formula is C16H26N4O5S. The molecule has 26 heavy (non-hydrogen) atoms. The third-order valence-corrected chi connectivity index (χ3v) is 3.44. The highest BCUT2D eigenvalue weighted by Crippen LogP contribution is 2.12. The second-order valence-corrected chi connectivity index (χ2v) is 6.88. The predicted molar refractivity (Wildman–Crippen MR) is 98.6 cm³/mol. The number of thiol groups is 1. The van der Waals surface area contributed by atoms with Crippen LogP contribution in [0.5, 0.6) is 0 Å². The summed E-state index contributed by atoms with van der Waals surface area (Å²) in [7, 11) is 0. The molecule has 1 rings (SSSR count). The SMILES string of the molecule is CC(C)(C)C(=O)NCCc1cnc[nH]1.O=CN[C@@H](CCC(=O)O)C(=O)S. The van der Waals surface area contributed by atoms with Crippen LogP contribution in [0.25, 0.3) is 0 Å². The van der Waals surface area contributed by atoms with E-state index >= 15 is 0 Å². The Morgan fingerprint density at radius 3 is 2.46 bits per heavy atom. The molecule has 0 fully saturated rings. The molecule has 1 atom stereocenters. The molecule has 0 aliphatic rings. The highest BCUT2D eigenvalue weighted by molar-refractivity contribution is 7.96. The van der Waals surface area contributed by atoms with Crippen molar-refractivity contribution in [1.29, 1.82) is 0 Å². The number of amides is 2. The number of rotatable bonds is 9. The summed E-state index contributed by atoms with van der Waals surface area (Å²) >= 11 is 3.48. The number of carboxylic acid groups (broad SMARTS) is 1. The highest BCUT2D eigenvalue weighted by atomic mass is 32.1. The Bertz CT molecular complexity index is 584. The van der Waals surface area contributed by atoms with E-state index < -0.39 is 17.1 Å². The molecule has 0 aliphatic carbocycles. The van der Waals surface area contributed by atoms with Crippen molar-refractivity contribution in [1.82, 2.24) is 20.6 Å². The molecule has 146 valence electrons. The number of imidazole rings is 1.